The number of imidazole rings is 1. The molecule has 0 bridgehead atoms. The van der Waals surface area contributed by atoms with Gasteiger partial charge in [-0.2, -0.15) is 0 Å². The summed E-state index contributed by atoms with van der Waals surface area (Å²) in [7, 11) is 2.12. The molecule has 0 aliphatic rings. The van der Waals surface area contributed by atoms with E-state index < -0.39 is 0 Å². The molecule has 3 aromatic rings. The summed E-state index contributed by atoms with van der Waals surface area (Å²) in [5.41, 5.74) is 8.51. The third-order valence-corrected chi connectivity index (χ3v) is 5.69. The molecule has 1 heterocycles. The largest absolute Gasteiger partial charge is 0.370 e. The molecule has 0 spiro atoms. The first-order valence-corrected chi connectivity index (χ1v) is 11.0. The summed E-state index contributed by atoms with van der Waals surface area (Å²) in [5, 5.41) is 3.61. The van der Waals surface area contributed by atoms with Crippen LogP contribution >= 0.6 is 0 Å². The van der Waals surface area contributed by atoms with Crippen molar-refractivity contribution in [3.05, 3.63) is 47.0 Å². The normalized spacial score (nSPS) is 11.2. The molecule has 0 aliphatic carbocycles. The van der Waals surface area contributed by atoms with Crippen molar-refractivity contribution < 1.29 is 0 Å². The first-order chi connectivity index (χ1) is 14.0. The van der Waals surface area contributed by atoms with E-state index in [-0.39, 0.29) is 0 Å². The zero-order valence-electron chi connectivity index (χ0n) is 19.0. The SMILES string of the molecule is CCCCN(CCCC)c1cccc2nc(Nc3c(C)cc(C)cc3C)n(C)c12. The molecule has 3 rings (SSSR count). The number of fused-ring (bicyclic) bond motifs is 1. The molecule has 29 heavy (non-hydrogen) atoms. The second-order valence-electron chi connectivity index (χ2n) is 8.23. The van der Waals surface area contributed by atoms with Crippen LogP contribution in [0.3, 0.4) is 0 Å². The van der Waals surface area contributed by atoms with E-state index in [1.807, 2.05) is 0 Å². The van der Waals surface area contributed by atoms with Gasteiger partial charge in [0.2, 0.25) is 5.95 Å². The van der Waals surface area contributed by atoms with Crippen LogP contribution in [-0.4, -0.2) is 22.6 Å². The Labute approximate surface area is 175 Å². The minimum Gasteiger partial charge on any atom is -0.370 e. The van der Waals surface area contributed by atoms with Gasteiger partial charge < -0.3 is 14.8 Å². The molecule has 0 saturated carbocycles. The Morgan fingerprint density at radius 2 is 1.59 bits per heavy atom. The Morgan fingerprint density at radius 1 is 0.966 bits per heavy atom. The lowest BCUT2D eigenvalue weighted by atomic mass is 10.1. The fourth-order valence-electron chi connectivity index (χ4n) is 4.15. The topological polar surface area (TPSA) is 33.1 Å². The Kier molecular flexibility index (Phi) is 6.83. The number of rotatable bonds is 9. The quantitative estimate of drug-likeness (QED) is 0.442. The smallest absolute Gasteiger partial charge is 0.208 e. The predicted octanol–water partition coefficient (Wildman–Crippen LogP) is 6.65. The molecule has 2 aromatic carbocycles. The van der Waals surface area contributed by atoms with Crippen molar-refractivity contribution in [1.82, 2.24) is 9.55 Å². The standard InChI is InChI=1S/C25H36N4/c1-7-9-14-29(15-10-8-2)22-13-11-12-21-24(22)28(6)25(26-21)27-23-19(4)16-18(3)17-20(23)5/h11-13,16-17H,7-10,14-15H2,1-6H3,(H,26,27). The first-order valence-electron chi connectivity index (χ1n) is 11.0. The number of nitrogens with one attached hydrogen (secondary N) is 1. The van der Waals surface area contributed by atoms with E-state index >= 15 is 0 Å². The summed E-state index contributed by atoms with van der Waals surface area (Å²) in [4.78, 5) is 7.49. The van der Waals surface area contributed by atoms with E-state index in [1.165, 1.54) is 53.6 Å². The lowest BCUT2D eigenvalue weighted by Gasteiger charge is -2.25. The molecule has 0 fully saturated rings. The van der Waals surface area contributed by atoms with Crippen LogP contribution in [0.4, 0.5) is 17.3 Å². The second kappa shape index (κ2) is 9.34. The maximum Gasteiger partial charge on any atom is 0.208 e. The van der Waals surface area contributed by atoms with E-state index in [2.05, 4.69) is 86.8 Å². The fraction of sp³-hybridized carbons (Fsp3) is 0.480. The van der Waals surface area contributed by atoms with E-state index in [0.717, 1.165) is 30.2 Å². The summed E-state index contributed by atoms with van der Waals surface area (Å²) in [6.07, 6.45) is 4.85. The van der Waals surface area contributed by atoms with Crippen molar-refractivity contribution in [3.63, 3.8) is 0 Å². The molecule has 0 saturated heterocycles. The van der Waals surface area contributed by atoms with Crippen molar-refractivity contribution in [1.29, 1.82) is 0 Å². The number of nitrogens with zero attached hydrogens (tertiary/aromatic N) is 3. The molecule has 0 atom stereocenters. The van der Waals surface area contributed by atoms with E-state index in [1.54, 1.807) is 0 Å². The summed E-state index contributed by atoms with van der Waals surface area (Å²) in [6, 6.07) is 11.0. The maximum absolute atomic E-state index is 4.94. The molecule has 1 aromatic heterocycles. The Balaban J connectivity index is 2.02. The second-order valence-corrected chi connectivity index (χ2v) is 8.23. The van der Waals surface area contributed by atoms with E-state index in [0.29, 0.717) is 0 Å². The molecule has 0 amide bonds. The Bertz CT molecular complexity index is 939. The Hall–Kier alpha value is -2.49. The number of hydrogen-bond acceptors (Lipinski definition) is 3. The number of benzene rings is 2. The lowest BCUT2D eigenvalue weighted by molar-refractivity contribution is 0.678. The van der Waals surface area contributed by atoms with Crippen molar-refractivity contribution >= 4 is 28.4 Å². The minimum absolute atomic E-state index is 0.897. The highest BCUT2D eigenvalue weighted by atomic mass is 15.2. The highest BCUT2D eigenvalue weighted by molar-refractivity contribution is 5.91. The van der Waals surface area contributed by atoms with Gasteiger partial charge in [0.25, 0.3) is 0 Å². The maximum atomic E-state index is 4.94. The van der Waals surface area contributed by atoms with Gasteiger partial charge in [0, 0.05) is 25.8 Å². The number of aryl methyl sites for hydroxylation is 4. The minimum atomic E-state index is 0.897. The van der Waals surface area contributed by atoms with Gasteiger partial charge in [-0.1, -0.05) is 50.5 Å². The average molecular weight is 393 g/mol. The summed E-state index contributed by atoms with van der Waals surface area (Å²) in [6.45, 7) is 13.2. The lowest BCUT2D eigenvalue weighted by Crippen LogP contribution is -2.26. The molecule has 1 N–H and O–H groups in total. The van der Waals surface area contributed by atoms with Crippen molar-refractivity contribution in [2.75, 3.05) is 23.3 Å². The van der Waals surface area contributed by atoms with Crippen molar-refractivity contribution in [2.45, 2.75) is 60.3 Å². The van der Waals surface area contributed by atoms with Gasteiger partial charge >= 0.3 is 0 Å². The average Bonchev–Trinajstić information content (AvgIpc) is 3.01. The fourth-order valence-corrected chi connectivity index (χ4v) is 4.15. The highest BCUT2D eigenvalue weighted by Crippen LogP contribution is 2.32. The van der Waals surface area contributed by atoms with E-state index in [4.69, 9.17) is 4.98 Å². The summed E-state index contributed by atoms with van der Waals surface area (Å²) >= 11 is 0. The number of aromatic nitrogens is 2. The van der Waals surface area contributed by atoms with Crippen LogP contribution in [-0.2, 0) is 7.05 Å². The monoisotopic (exact) mass is 392 g/mol. The highest BCUT2D eigenvalue weighted by Gasteiger charge is 2.17. The van der Waals surface area contributed by atoms with Gasteiger partial charge in [-0.3, -0.25) is 0 Å². The number of para-hydroxylation sites is 1. The van der Waals surface area contributed by atoms with Crippen LogP contribution in [0.5, 0.6) is 0 Å². The van der Waals surface area contributed by atoms with Crippen LogP contribution in [0, 0.1) is 20.8 Å². The Morgan fingerprint density at radius 3 is 2.17 bits per heavy atom. The molecule has 156 valence electrons. The molecular formula is C25H36N4. The summed E-state index contributed by atoms with van der Waals surface area (Å²) in [5.74, 6) is 0.897. The van der Waals surface area contributed by atoms with Crippen LogP contribution in [0.25, 0.3) is 11.0 Å². The third-order valence-electron chi connectivity index (χ3n) is 5.69. The van der Waals surface area contributed by atoms with Gasteiger partial charge in [0.15, 0.2) is 0 Å². The van der Waals surface area contributed by atoms with Crippen molar-refractivity contribution in [2.24, 2.45) is 7.05 Å². The van der Waals surface area contributed by atoms with Crippen LogP contribution in [0.2, 0.25) is 0 Å². The molecule has 0 unspecified atom stereocenters. The van der Waals surface area contributed by atoms with Crippen LogP contribution in [0.1, 0.15) is 56.2 Å². The summed E-state index contributed by atoms with van der Waals surface area (Å²) < 4.78 is 2.22. The zero-order chi connectivity index (χ0) is 21.0. The van der Waals surface area contributed by atoms with E-state index in [9.17, 15) is 0 Å². The number of unbranched alkanes of at least 4 members (excludes halogenated alkanes) is 2. The van der Waals surface area contributed by atoms with Crippen LogP contribution < -0.4 is 10.2 Å². The number of anilines is 3. The third kappa shape index (κ3) is 4.58. The molecule has 0 radical (unpaired) electrons. The van der Waals surface area contributed by atoms with Crippen molar-refractivity contribution in [3.8, 4) is 0 Å². The zero-order valence-corrected chi connectivity index (χ0v) is 19.0. The molecular weight excluding hydrogens is 356 g/mol. The van der Waals surface area contributed by atoms with Gasteiger partial charge in [-0.05, 0) is 56.9 Å². The predicted molar refractivity (Wildman–Crippen MR) is 127 cm³/mol. The van der Waals surface area contributed by atoms with Gasteiger partial charge in [0.1, 0.15) is 0 Å². The molecule has 4 nitrogen and oxygen atoms in total. The first kappa shape index (κ1) is 21.2. The molecule has 0 aliphatic heterocycles. The van der Waals surface area contributed by atoms with Gasteiger partial charge in [0.05, 0.1) is 16.7 Å². The van der Waals surface area contributed by atoms with Gasteiger partial charge in [-0.15, -0.1) is 0 Å². The van der Waals surface area contributed by atoms with Gasteiger partial charge in [-0.25, -0.2) is 4.98 Å². The number of hydrogen-bond donors (Lipinski definition) is 1. The van der Waals surface area contributed by atoms with Crippen LogP contribution in [0.15, 0.2) is 30.3 Å². The molecule has 4 heteroatoms.